The van der Waals surface area contributed by atoms with Gasteiger partial charge in [-0.25, -0.2) is 9.37 Å². The highest BCUT2D eigenvalue weighted by Gasteiger charge is 1.99. The number of nitrogens with zero attached hydrogens (tertiary/aromatic N) is 2. The van der Waals surface area contributed by atoms with E-state index in [1.807, 2.05) is 0 Å². The fourth-order valence-electron chi connectivity index (χ4n) is 1.08. The molecule has 0 amide bonds. The molecule has 2 nitrogen and oxygen atoms in total. The molecule has 0 radical (unpaired) electrons. The van der Waals surface area contributed by atoms with Gasteiger partial charge in [-0.1, -0.05) is 15.9 Å². The zero-order valence-corrected chi connectivity index (χ0v) is 9.87. The maximum Gasteiger partial charge on any atom is 0.139 e. The number of pyridine rings is 1. The first-order valence-corrected chi connectivity index (χ1v) is 4.61. The van der Waals surface area contributed by atoms with Crippen molar-refractivity contribution < 1.29 is 4.39 Å². The lowest BCUT2D eigenvalue weighted by Gasteiger charge is -1.90. The molecule has 0 saturated carbocycles. The van der Waals surface area contributed by atoms with E-state index in [9.17, 15) is 4.39 Å². The molecule has 2 rings (SSSR count). The van der Waals surface area contributed by atoms with Gasteiger partial charge in [-0.15, -0.1) is 17.0 Å². The number of alkyl halides is 1. The standard InChI is InChI=1S/C8H6BrFN2.BrH/c9-3-7-5-12-4-6(10)1-2-8(12)11-7;/h1-2,4-5H,3H2;1H. The third kappa shape index (κ3) is 2.08. The van der Waals surface area contributed by atoms with Gasteiger partial charge in [0.1, 0.15) is 11.5 Å². The van der Waals surface area contributed by atoms with Gasteiger partial charge in [0, 0.05) is 17.7 Å². The second-order valence-electron chi connectivity index (χ2n) is 2.48. The largest absolute Gasteiger partial charge is 0.304 e. The fraction of sp³-hybridized carbons (Fsp3) is 0.125. The van der Waals surface area contributed by atoms with E-state index in [2.05, 4.69) is 20.9 Å². The fourth-order valence-corrected chi connectivity index (χ4v) is 1.35. The van der Waals surface area contributed by atoms with Crippen molar-refractivity contribution in [1.82, 2.24) is 9.38 Å². The summed E-state index contributed by atoms with van der Waals surface area (Å²) in [4.78, 5) is 4.22. The van der Waals surface area contributed by atoms with Gasteiger partial charge in [0.05, 0.1) is 5.69 Å². The SMILES string of the molecule is Br.Fc1ccc2nc(CBr)cn2c1. The van der Waals surface area contributed by atoms with Crippen LogP contribution in [0.4, 0.5) is 4.39 Å². The molecule has 0 saturated heterocycles. The van der Waals surface area contributed by atoms with E-state index >= 15 is 0 Å². The maximum absolute atomic E-state index is 12.7. The van der Waals surface area contributed by atoms with Crippen LogP contribution in [0.25, 0.3) is 5.65 Å². The van der Waals surface area contributed by atoms with Gasteiger partial charge in [0.25, 0.3) is 0 Å². The minimum absolute atomic E-state index is 0. The van der Waals surface area contributed by atoms with Crippen LogP contribution in [0.1, 0.15) is 5.69 Å². The summed E-state index contributed by atoms with van der Waals surface area (Å²) in [6, 6.07) is 3.06. The summed E-state index contributed by atoms with van der Waals surface area (Å²) < 4.78 is 14.4. The van der Waals surface area contributed by atoms with E-state index in [4.69, 9.17) is 0 Å². The lowest BCUT2D eigenvalue weighted by molar-refractivity contribution is 0.619. The van der Waals surface area contributed by atoms with E-state index in [-0.39, 0.29) is 22.8 Å². The molecule has 0 aliphatic rings. The monoisotopic (exact) mass is 308 g/mol. The number of hydrogen-bond donors (Lipinski definition) is 0. The van der Waals surface area contributed by atoms with Crippen LogP contribution in [-0.4, -0.2) is 9.38 Å². The Hall–Kier alpha value is -0.420. The van der Waals surface area contributed by atoms with Crippen LogP contribution in [0.5, 0.6) is 0 Å². The zero-order chi connectivity index (χ0) is 8.55. The molecule has 0 N–H and O–H groups in total. The van der Waals surface area contributed by atoms with E-state index in [1.54, 1.807) is 16.7 Å². The summed E-state index contributed by atoms with van der Waals surface area (Å²) in [5.41, 5.74) is 1.67. The van der Waals surface area contributed by atoms with Crippen LogP contribution >= 0.6 is 32.9 Å². The van der Waals surface area contributed by atoms with Crippen molar-refractivity contribution in [2.75, 3.05) is 0 Å². The summed E-state index contributed by atoms with van der Waals surface area (Å²) in [6.45, 7) is 0. The van der Waals surface area contributed by atoms with Crippen molar-refractivity contribution >= 4 is 38.6 Å². The topological polar surface area (TPSA) is 17.3 Å². The summed E-state index contributed by atoms with van der Waals surface area (Å²) in [7, 11) is 0. The summed E-state index contributed by atoms with van der Waals surface area (Å²) in [5.74, 6) is -0.249. The Morgan fingerprint density at radius 3 is 2.85 bits per heavy atom. The highest BCUT2D eigenvalue weighted by atomic mass is 79.9. The average molecular weight is 310 g/mol. The Morgan fingerprint density at radius 1 is 1.38 bits per heavy atom. The number of halogens is 3. The molecule has 0 atom stereocenters. The molecular weight excluding hydrogens is 303 g/mol. The smallest absolute Gasteiger partial charge is 0.139 e. The van der Waals surface area contributed by atoms with Crippen molar-refractivity contribution in [2.45, 2.75) is 5.33 Å². The van der Waals surface area contributed by atoms with Crippen LogP contribution in [0.15, 0.2) is 24.5 Å². The van der Waals surface area contributed by atoms with Crippen molar-refractivity contribution in [3.05, 3.63) is 36.0 Å². The Morgan fingerprint density at radius 2 is 2.15 bits per heavy atom. The normalized spacial score (nSPS) is 10.0. The number of imidazole rings is 1. The minimum atomic E-state index is -0.249. The van der Waals surface area contributed by atoms with Crippen LogP contribution < -0.4 is 0 Å². The Balaban J connectivity index is 0.000000845. The molecule has 0 aromatic carbocycles. The third-order valence-corrected chi connectivity index (χ3v) is 2.18. The zero-order valence-electron chi connectivity index (χ0n) is 6.58. The summed E-state index contributed by atoms with van der Waals surface area (Å²) in [5, 5.41) is 0.691. The minimum Gasteiger partial charge on any atom is -0.304 e. The van der Waals surface area contributed by atoms with Gasteiger partial charge in [0.2, 0.25) is 0 Å². The van der Waals surface area contributed by atoms with E-state index < -0.39 is 0 Å². The first-order valence-electron chi connectivity index (χ1n) is 3.49. The molecule has 0 fully saturated rings. The molecule has 0 aliphatic heterocycles. The lowest BCUT2D eigenvalue weighted by Crippen LogP contribution is -1.83. The number of fused-ring (bicyclic) bond motifs is 1. The Kier molecular flexibility index (Phi) is 3.44. The first-order chi connectivity index (χ1) is 5.79. The van der Waals surface area contributed by atoms with Gasteiger partial charge in [-0.3, -0.25) is 0 Å². The van der Waals surface area contributed by atoms with Crippen LogP contribution in [0, 0.1) is 5.82 Å². The van der Waals surface area contributed by atoms with Gasteiger partial charge < -0.3 is 4.40 Å². The molecule has 70 valence electrons. The third-order valence-electron chi connectivity index (χ3n) is 1.60. The predicted octanol–water partition coefficient (Wildman–Crippen LogP) is 2.95. The molecule has 0 unspecified atom stereocenters. The van der Waals surface area contributed by atoms with Crippen LogP contribution in [0.2, 0.25) is 0 Å². The molecule has 5 heteroatoms. The van der Waals surface area contributed by atoms with Gasteiger partial charge in [-0.2, -0.15) is 0 Å². The highest BCUT2D eigenvalue weighted by molar-refractivity contribution is 9.08. The van der Waals surface area contributed by atoms with Crippen LogP contribution in [-0.2, 0) is 5.33 Å². The van der Waals surface area contributed by atoms with E-state index in [1.165, 1.54) is 12.3 Å². The number of aromatic nitrogens is 2. The lowest BCUT2D eigenvalue weighted by atomic mass is 10.5. The van der Waals surface area contributed by atoms with Crippen LogP contribution in [0.3, 0.4) is 0 Å². The van der Waals surface area contributed by atoms with Crippen molar-refractivity contribution in [3.8, 4) is 0 Å². The molecule has 0 spiro atoms. The van der Waals surface area contributed by atoms with Crippen molar-refractivity contribution in [1.29, 1.82) is 0 Å². The second-order valence-corrected chi connectivity index (χ2v) is 3.04. The first kappa shape index (κ1) is 10.7. The van der Waals surface area contributed by atoms with Gasteiger partial charge >= 0.3 is 0 Å². The predicted molar refractivity (Wildman–Crippen MR) is 58.1 cm³/mol. The molecule has 13 heavy (non-hydrogen) atoms. The molecule has 2 aromatic heterocycles. The summed E-state index contributed by atoms with van der Waals surface area (Å²) >= 11 is 3.28. The van der Waals surface area contributed by atoms with Crippen molar-refractivity contribution in [2.24, 2.45) is 0 Å². The quantitative estimate of drug-likeness (QED) is 0.740. The number of hydrogen-bond acceptors (Lipinski definition) is 1. The van der Waals surface area contributed by atoms with E-state index in [0.717, 1.165) is 11.3 Å². The Labute approximate surface area is 93.7 Å². The van der Waals surface area contributed by atoms with E-state index in [0.29, 0.717) is 5.33 Å². The molecule has 2 heterocycles. The molecular formula is C8H7Br2FN2. The molecule has 0 bridgehead atoms. The highest BCUT2D eigenvalue weighted by Crippen LogP contribution is 2.08. The molecule has 2 aromatic rings. The number of rotatable bonds is 1. The van der Waals surface area contributed by atoms with Gasteiger partial charge in [-0.05, 0) is 12.1 Å². The summed E-state index contributed by atoms with van der Waals surface area (Å²) in [6.07, 6.45) is 3.21. The van der Waals surface area contributed by atoms with Gasteiger partial charge in [0.15, 0.2) is 0 Å². The molecule has 0 aliphatic carbocycles. The maximum atomic E-state index is 12.7. The average Bonchev–Trinajstić information content (AvgIpc) is 2.46. The second kappa shape index (κ2) is 4.19. The Bertz CT molecular complexity index is 413. The van der Waals surface area contributed by atoms with Crippen molar-refractivity contribution in [3.63, 3.8) is 0 Å².